The molecule has 2 aliphatic rings. The Morgan fingerprint density at radius 2 is 1.48 bits per heavy atom. The van der Waals surface area contributed by atoms with Crippen molar-refractivity contribution in [2.75, 3.05) is 45.8 Å². The molecule has 2 saturated heterocycles. The van der Waals surface area contributed by atoms with Crippen LogP contribution in [-0.4, -0.2) is 66.4 Å². The predicted octanol–water partition coefficient (Wildman–Crippen LogP) is 2.63. The summed E-state index contributed by atoms with van der Waals surface area (Å²) in [5.41, 5.74) is 2.79. The number of hydrogen-bond acceptors (Lipinski definition) is 3. The molecule has 0 spiro atoms. The first-order valence-corrected chi connectivity index (χ1v) is 10.0. The molecule has 2 fully saturated rings. The second-order valence-electron chi connectivity index (χ2n) is 7.48. The number of benzene rings is 1. The first-order valence-electron chi connectivity index (χ1n) is 10.0. The zero-order valence-corrected chi connectivity index (χ0v) is 15.9. The molecule has 1 amide bonds. The summed E-state index contributed by atoms with van der Waals surface area (Å²) in [7, 11) is 0. The van der Waals surface area contributed by atoms with Crippen LogP contribution in [0.1, 0.15) is 37.8 Å². The van der Waals surface area contributed by atoms with Crippen LogP contribution in [-0.2, 0) is 17.8 Å². The van der Waals surface area contributed by atoms with Crippen molar-refractivity contribution in [3.63, 3.8) is 0 Å². The van der Waals surface area contributed by atoms with Gasteiger partial charge in [0.05, 0.1) is 0 Å². The van der Waals surface area contributed by atoms with E-state index in [4.69, 9.17) is 0 Å². The topological polar surface area (TPSA) is 26.8 Å². The number of piperidine rings is 1. The molecule has 138 valence electrons. The monoisotopic (exact) mass is 343 g/mol. The lowest BCUT2D eigenvalue weighted by Gasteiger charge is -2.38. The Bertz CT molecular complexity index is 541. The average Bonchev–Trinajstić information content (AvgIpc) is 2.69. The molecule has 0 saturated carbocycles. The van der Waals surface area contributed by atoms with Crippen molar-refractivity contribution in [1.29, 1.82) is 0 Å². The van der Waals surface area contributed by atoms with Crippen LogP contribution in [0.5, 0.6) is 0 Å². The molecule has 4 nitrogen and oxygen atoms in total. The van der Waals surface area contributed by atoms with Crippen molar-refractivity contribution in [3.8, 4) is 0 Å². The molecule has 2 aliphatic heterocycles. The third-order valence-corrected chi connectivity index (χ3v) is 5.91. The number of aryl methyl sites for hydroxylation is 1. The highest BCUT2D eigenvalue weighted by Gasteiger charge is 2.30. The molecule has 1 aromatic carbocycles. The Hall–Kier alpha value is -1.39. The van der Waals surface area contributed by atoms with Gasteiger partial charge in [-0.2, -0.15) is 0 Å². The van der Waals surface area contributed by atoms with E-state index in [1.54, 1.807) is 0 Å². The maximum absolute atomic E-state index is 12.8. The van der Waals surface area contributed by atoms with E-state index >= 15 is 0 Å². The lowest BCUT2D eigenvalue weighted by atomic mass is 9.94. The van der Waals surface area contributed by atoms with Gasteiger partial charge >= 0.3 is 0 Å². The van der Waals surface area contributed by atoms with E-state index in [0.29, 0.717) is 5.91 Å². The van der Waals surface area contributed by atoms with Gasteiger partial charge in [0, 0.05) is 38.6 Å². The van der Waals surface area contributed by atoms with Crippen molar-refractivity contribution < 1.29 is 4.79 Å². The highest BCUT2D eigenvalue weighted by atomic mass is 16.2. The van der Waals surface area contributed by atoms with Gasteiger partial charge in [0.2, 0.25) is 5.91 Å². The van der Waals surface area contributed by atoms with E-state index in [0.717, 1.165) is 71.6 Å². The Morgan fingerprint density at radius 3 is 2.04 bits per heavy atom. The van der Waals surface area contributed by atoms with Crippen LogP contribution in [0.25, 0.3) is 0 Å². The van der Waals surface area contributed by atoms with E-state index < -0.39 is 0 Å². The molecule has 3 rings (SSSR count). The highest BCUT2D eigenvalue weighted by molar-refractivity contribution is 5.79. The lowest BCUT2D eigenvalue weighted by molar-refractivity contribution is -0.138. The summed E-state index contributed by atoms with van der Waals surface area (Å²) < 4.78 is 0. The average molecular weight is 344 g/mol. The number of amides is 1. The number of carbonyl (C=O) groups excluding carboxylic acids is 1. The van der Waals surface area contributed by atoms with Crippen LogP contribution in [0.3, 0.4) is 0 Å². The smallest absolute Gasteiger partial charge is 0.225 e. The fourth-order valence-corrected chi connectivity index (χ4v) is 4.02. The maximum Gasteiger partial charge on any atom is 0.225 e. The first kappa shape index (κ1) is 18.4. The van der Waals surface area contributed by atoms with Crippen molar-refractivity contribution in [2.45, 2.75) is 39.7 Å². The fraction of sp³-hybridized carbons (Fsp3) is 0.667. The van der Waals surface area contributed by atoms with E-state index in [1.165, 1.54) is 11.1 Å². The number of rotatable bonds is 5. The van der Waals surface area contributed by atoms with Gasteiger partial charge in [-0.25, -0.2) is 0 Å². The van der Waals surface area contributed by atoms with Gasteiger partial charge in [0.15, 0.2) is 0 Å². The van der Waals surface area contributed by atoms with Crippen LogP contribution in [0, 0.1) is 5.92 Å². The zero-order chi connectivity index (χ0) is 17.6. The summed E-state index contributed by atoms with van der Waals surface area (Å²) in [5, 5.41) is 0. The largest absolute Gasteiger partial charge is 0.340 e. The Kier molecular flexibility index (Phi) is 6.49. The molecule has 2 heterocycles. The molecule has 0 atom stereocenters. The maximum atomic E-state index is 12.8. The summed E-state index contributed by atoms with van der Waals surface area (Å²) in [4.78, 5) is 19.8. The Labute approximate surface area is 152 Å². The van der Waals surface area contributed by atoms with E-state index in [-0.39, 0.29) is 5.92 Å². The molecule has 0 radical (unpaired) electrons. The Morgan fingerprint density at radius 1 is 0.880 bits per heavy atom. The van der Waals surface area contributed by atoms with Crippen molar-refractivity contribution in [3.05, 3.63) is 35.4 Å². The van der Waals surface area contributed by atoms with Crippen LogP contribution in [0.4, 0.5) is 0 Å². The van der Waals surface area contributed by atoms with Gasteiger partial charge in [-0.3, -0.25) is 9.69 Å². The van der Waals surface area contributed by atoms with Crippen molar-refractivity contribution in [1.82, 2.24) is 14.7 Å². The van der Waals surface area contributed by atoms with Gasteiger partial charge in [0.1, 0.15) is 0 Å². The van der Waals surface area contributed by atoms with Gasteiger partial charge in [-0.1, -0.05) is 38.1 Å². The number of likely N-dealkylation sites (tertiary alicyclic amines) is 1. The standard InChI is InChI=1S/C21H33N3O/c1-3-18-5-7-19(8-6-18)17-23-11-9-20(10-12-23)21(25)24-15-13-22(4-2)14-16-24/h5-8,20H,3-4,9-17H2,1-2H3. The number of piperazine rings is 1. The van der Waals surface area contributed by atoms with Crippen LogP contribution in [0.2, 0.25) is 0 Å². The van der Waals surface area contributed by atoms with Crippen LogP contribution >= 0.6 is 0 Å². The summed E-state index contributed by atoms with van der Waals surface area (Å²) in [6, 6.07) is 8.98. The minimum absolute atomic E-state index is 0.242. The van der Waals surface area contributed by atoms with Gasteiger partial charge in [0.25, 0.3) is 0 Å². The SMILES string of the molecule is CCc1ccc(CN2CCC(C(=O)N3CCN(CC)CC3)CC2)cc1. The Balaban J connectivity index is 1.44. The normalized spacial score (nSPS) is 20.8. The van der Waals surface area contributed by atoms with Gasteiger partial charge < -0.3 is 9.80 Å². The summed E-state index contributed by atoms with van der Waals surface area (Å²) in [6.45, 7) is 12.5. The van der Waals surface area contributed by atoms with E-state index in [9.17, 15) is 4.79 Å². The quantitative estimate of drug-likeness (QED) is 0.822. The number of carbonyl (C=O) groups is 1. The first-order chi connectivity index (χ1) is 12.2. The molecule has 0 unspecified atom stereocenters. The number of nitrogens with zero attached hydrogens (tertiary/aromatic N) is 3. The summed E-state index contributed by atoms with van der Waals surface area (Å²) in [5.74, 6) is 0.648. The lowest BCUT2D eigenvalue weighted by Crippen LogP contribution is -2.51. The minimum Gasteiger partial charge on any atom is -0.340 e. The molecular formula is C21H33N3O. The van der Waals surface area contributed by atoms with Gasteiger partial charge in [-0.15, -0.1) is 0 Å². The zero-order valence-electron chi connectivity index (χ0n) is 15.9. The molecule has 0 aliphatic carbocycles. The molecule has 1 aromatic rings. The highest BCUT2D eigenvalue weighted by Crippen LogP contribution is 2.22. The van der Waals surface area contributed by atoms with Crippen LogP contribution < -0.4 is 0 Å². The molecule has 0 bridgehead atoms. The van der Waals surface area contributed by atoms with Crippen LogP contribution in [0.15, 0.2) is 24.3 Å². The fourth-order valence-electron chi connectivity index (χ4n) is 4.02. The second-order valence-corrected chi connectivity index (χ2v) is 7.48. The van der Waals surface area contributed by atoms with Gasteiger partial charge in [-0.05, 0) is 50.0 Å². The summed E-state index contributed by atoms with van der Waals surface area (Å²) >= 11 is 0. The molecule has 4 heteroatoms. The van der Waals surface area contributed by atoms with E-state index in [1.807, 2.05) is 0 Å². The number of likely N-dealkylation sites (N-methyl/N-ethyl adjacent to an activating group) is 1. The second kappa shape index (κ2) is 8.81. The summed E-state index contributed by atoms with van der Waals surface area (Å²) in [6.07, 6.45) is 3.13. The third-order valence-electron chi connectivity index (χ3n) is 5.91. The van der Waals surface area contributed by atoms with E-state index in [2.05, 4.69) is 52.8 Å². The molecule has 0 aromatic heterocycles. The predicted molar refractivity (Wildman–Crippen MR) is 103 cm³/mol. The molecule has 0 N–H and O–H groups in total. The number of hydrogen-bond donors (Lipinski definition) is 0. The molecular weight excluding hydrogens is 310 g/mol. The van der Waals surface area contributed by atoms with Crippen molar-refractivity contribution in [2.24, 2.45) is 5.92 Å². The third kappa shape index (κ3) is 4.83. The minimum atomic E-state index is 0.242. The van der Waals surface area contributed by atoms with Crippen molar-refractivity contribution >= 4 is 5.91 Å². The molecule has 25 heavy (non-hydrogen) atoms.